The number of thiophene rings is 1. The highest BCUT2D eigenvalue weighted by Crippen LogP contribution is 2.37. The SMILES string of the molecule is O=S(=O)(NCC1(CCl)CCCCC1)c1ccc(Cl)s1. The first kappa shape index (κ1) is 15.6. The van der Waals surface area contributed by atoms with Crippen molar-refractivity contribution in [2.24, 2.45) is 5.41 Å². The molecule has 0 atom stereocenters. The van der Waals surface area contributed by atoms with Crippen LogP contribution in [0.25, 0.3) is 0 Å². The number of rotatable bonds is 5. The molecular formula is C12H17Cl2NO2S2. The molecule has 1 heterocycles. The Morgan fingerprint density at radius 3 is 2.47 bits per heavy atom. The van der Waals surface area contributed by atoms with Crippen molar-refractivity contribution >= 4 is 44.6 Å². The van der Waals surface area contributed by atoms with E-state index in [9.17, 15) is 8.42 Å². The number of halogens is 2. The molecule has 3 nitrogen and oxygen atoms in total. The van der Waals surface area contributed by atoms with Gasteiger partial charge in [-0.25, -0.2) is 13.1 Å². The van der Waals surface area contributed by atoms with Gasteiger partial charge < -0.3 is 0 Å². The molecular weight excluding hydrogens is 325 g/mol. The third-order valence-electron chi connectivity index (χ3n) is 3.65. The molecule has 0 saturated heterocycles. The van der Waals surface area contributed by atoms with Crippen LogP contribution in [0.15, 0.2) is 16.3 Å². The van der Waals surface area contributed by atoms with Gasteiger partial charge >= 0.3 is 0 Å². The molecule has 0 unspecified atom stereocenters. The van der Waals surface area contributed by atoms with E-state index in [-0.39, 0.29) is 9.62 Å². The lowest BCUT2D eigenvalue weighted by Gasteiger charge is -2.35. The maximum atomic E-state index is 12.1. The van der Waals surface area contributed by atoms with Crippen LogP contribution in [0, 0.1) is 5.41 Å². The fraction of sp³-hybridized carbons (Fsp3) is 0.667. The normalized spacial score (nSPS) is 19.5. The Bertz CT molecular complexity index is 522. The Balaban J connectivity index is 2.04. The summed E-state index contributed by atoms with van der Waals surface area (Å²) in [7, 11) is -3.46. The predicted octanol–water partition coefficient (Wildman–Crippen LogP) is 3.87. The lowest BCUT2D eigenvalue weighted by atomic mass is 9.76. The molecule has 0 amide bonds. The zero-order valence-electron chi connectivity index (χ0n) is 10.5. The van der Waals surface area contributed by atoms with Gasteiger partial charge in [-0.2, -0.15) is 0 Å². The molecule has 1 fully saturated rings. The molecule has 1 saturated carbocycles. The smallest absolute Gasteiger partial charge is 0.210 e. The first-order chi connectivity index (χ1) is 8.97. The summed E-state index contributed by atoms with van der Waals surface area (Å²) in [6.45, 7) is 0.411. The van der Waals surface area contributed by atoms with Crippen LogP contribution >= 0.6 is 34.5 Å². The maximum absolute atomic E-state index is 12.1. The van der Waals surface area contributed by atoms with E-state index < -0.39 is 10.0 Å². The third-order valence-corrected chi connectivity index (χ3v) is 7.34. The summed E-state index contributed by atoms with van der Waals surface area (Å²) in [4.78, 5) is 0. The Hall–Kier alpha value is 0.190. The largest absolute Gasteiger partial charge is 0.250 e. The molecule has 0 radical (unpaired) electrons. The van der Waals surface area contributed by atoms with E-state index in [1.807, 2.05) is 0 Å². The summed E-state index contributed by atoms with van der Waals surface area (Å²) in [6, 6.07) is 3.13. The van der Waals surface area contributed by atoms with E-state index in [4.69, 9.17) is 23.2 Å². The van der Waals surface area contributed by atoms with Crippen LogP contribution in [0.4, 0.5) is 0 Å². The van der Waals surface area contributed by atoms with E-state index >= 15 is 0 Å². The Labute approximate surface area is 128 Å². The van der Waals surface area contributed by atoms with Crippen LogP contribution in [0.2, 0.25) is 4.34 Å². The Kier molecular flexibility index (Phi) is 5.17. The number of nitrogens with one attached hydrogen (secondary N) is 1. The summed E-state index contributed by atoms with van der Waals surface area (Å²) in [6.07, 6.45) is 5.44. The van der Waals surface area contributed by atoms with Gasteiger partial charge in [0, 0.05) is 12.4 Å². The van der Waals surface area contributed by atoms with E-state index in [2.05, 4.69) is 4.72 Å². The van der Waals surface area contributed by atoms with Crippen molar-refractivity contribution in [1.29, 1.82) is 0 Å². The van der Waals surface area contributed by atoms with Gasteiger partial charge in [0.05, 0.1) is 4.34 Å². The minimum atomic E-state index is -3.46. The minimum Gasteiger partial charge on any atom is -0.210 e. The van der Waals surface area contributed by atoms with Crippen molar-refractivity contribution in [1.82, 2.24) is 4.72 Å². The third kappa shape index (κ3) is 3.85. The number of hydrogen-bond acceptors (Lipinski definition) is 3. The van der Waals surface area contributed by atoms with E-state index in [1.54, 1.807) is 6.07 Å². The topological polar surface area (TPSA) is 46.2 Å². The predicted molar refractivity (Wildman–Crippen MR) is 80.8 cm³/mol. The van der Waals surface area contributed by atoms with E-state index in [0.29, 0.717) is 16.8 Å². The van der Waals surface area contributed by atoms with Crippen LogP contribution in [-0.4, -0.2) is 20.8 Å². The molecule has 2 rings (SSSR count). The molecule has 108 valence electrons. The number of hydrogen-bond donors (Lipinski definition) is 1. The van der Waals surface area contributed by atoms with Crippen molar-refractivity contribution in [2.45, 2.75) is 36.3 Å². The molecule has 0 aliphatic heterocycles. The van der Waals surface area contributed by atoms with E-state index in [1.165, 1.54) is 12.5 Å². The van der Waals surface area contributed by atoms with Crippen molar-refractivity contribution in [3.05, 3.63) is 16.5 Å². The molecule has 1 aromatic rings. The van der Waals surface area contributed by atoms with Crippen LogP contribution < -0.4 is 4.72 Å². The zero-order chi connectivity index (χ0) is 13.9. The highest BCUT2D eigenvalue weighted by molar-refractivity contribution is 7.91. The monoisotopic (exact) mass is 341 g/mol. The van der Waals surface area contributed by atoms with Crippen molar-refractivity contribution < 1.29 is 8.42 Å². The first-order valence-corrected chi connectivity index (χ1v) is 9.50. The number of sulfonamides is 1. The quantitative estimate of drug-likeness (QED) is 0.826. The fourth-order valence-electron chi connectivity index (χ4n) is 2.42. The van der Waals surface area contributed by atoms with Gasteiger partial charge in [0.25, 0.3) is 0 Å². The van der Waals surface area contributed by atoms with Crippen molar-refractivity contribution in [2.75, 3.05) is 12.4 Å². The Morgan fingerprint density at radius 2 is 1.95 bits per heavy atom. The van der Waals surface area contributed by atoms with Crippen molar-refractivity contribution in [3.8, 4) is 0 Å². The lowest BCUT2D eigenvalue weighted by Crippen LogP contribution is -2.40. The average Bonchev–Trinajstić information content (AvgIpc) is 2.85. The van der Waals surface area contributed by atoms with Crippen LogP contribution in [-0.2, 0) is 10.0 Å². The summed E-state index contributed by atoms with van der Waals surface area (Å²) < 4.78 is 27.7. The molecule has 1 aliphatic rings. The van der Waals surface area contributed by atoms with Gasteiger partial charge in [-0.3, -0.25) is 0 Å². The molecule has 1 N–H and O–H groups in total. The van der Waals surface area contributed by atoms with Crippen LogP contribution in [0.1, 0.15) is 32.1 Å². The Morgan fingerprint density at radius 1 is 1.26 bits per heavy atom. The minimum absolute atomic E-state index is 0.0894. The molecule has 0 aromatic carbocycles. The van der Waals surface area contributed by atoms with Gasteiger partial charge in [0.1, 0.15) is 4.21 Å². The molecule has 0 bridgehead atoms. The highest BCUT2D eigenvalue weighted by atomic mass is 35.5. The van der Waals surface area contributed by atoms with Crippen LogP contribution in [0.5, 0.6) is 0 Å². The molecule has 1 aliphatic carbocycles. The molecule has 7 heteroatoms. The van der Waals surface area contributed by atoms with Gasteiger partial charge in [-0.15, -0.1) is 22.9 Å². The second-order valence-electron chi connectivity index (χ2n) is 5.08. The maximum Gasteiger partial charge on any atom is 0.250 e. The zero-order valence-corrected chi connectivity index (χ0v) is 13.6. The molecule has 1 aromatic heterocycles. The highest BCUT2D eigenvalue weighted by Gasteiger charge is 2.32. The van der Waals surface area contributed by atoms with Gasteiger partial charge in [-0.05, 0) is 30.4 Å². The second kappa shape index (κ2) is 6.31. The molecule has 0 spiro atoms. The first-order valence-electron chi connectivity index (χ1n) is 6.28. The standard InChI is InChI=1S/C12H17Cl2NO2S2/c13-8-12(6-2-1-3-7-12)9-15-19(16,17)11-5-4-10(14)18-11/h4-5,15H,1-3,6-9H2. The second-order valence-corrected chi connectivity index (χ2v) is 9.05. The van der Waals surface area contributed by atoms with E-state index in [0.717, 1.165) is 37.0 Å². The van der Waals surface area contributed by atoms with Gasteiger partial charge in [-0.1, -0.05) is 30.9 Å². The summed E-state index contributed by atoms with van der Waals surface area (Å²) in [5.41, 5.74) is -0.0894. The van der Waals surface area contributed by atoms with Gasteiger partial charge in [0.2, 0.25) is 10.0 Å². The molecule has 19 heavy (non-hydrogen) atoms. The van der Waals surface area contributed by atoms with Crippen molar-refractivity contribution in [3.63, 3.8) is 0 Å². The lowest BCUT2D eigenvalue weighted by molar-refractivity contribution is 0.224. The summed E-state index contributed by atoms with van der Waals surface area (Å²) in [5, 5.41) is 0. The summed E-state index contributed by atoms with van der Waals surface area (Å²) in [5.74, 6) is 0.501. The fourth-order valence-corrected chi connectivity index (χ4v) is 5.47. The summed E-state index contributed by atoms with van der Waals surface area (Å²) >= 11 is 12.9. The number of alkyl halides is 1. The van der Waals surface area contributed by atoms with Crippen LogP contribution in [0.3, 0.4) is 0 Å². The average molecular weight is 342 g/mol. The van der Waals surface area contributed by atoms with Gasteiger partial charge in [0.15, 0.2) is 0 Å².